The van der Waals surface area contributed by atoms with Gasteiger partial charge in [-0.05, 0) is 47.5 Å². The van der Waals surface area contributed by atoms with Crippen molar-refractivity contribution >= 4 is 53.9 Å². The summed E-state index contributed by atoms with van der Waals surface area (Å²) in [5.74, 6) is -11.5. The van der Waals surface area contributed by atoms with Gasteiger partial charge in [-0.1, -0.05) is 12.1 Å². The number of phenolic OH excluding ortho intramolecular Hbond substituents is 4. The van der Waals surface area contributed by atoms with Crippen molar-refractivity contribution in [1.29, 1.82) is 0 Å². The zero-order valence-electron chi connectivity index (χ0n) is 26.4. The minimum absolute atomic E-state index is 0.175. The van der Waals surface area contributed by atoms with E-state index in [0.717, 1.165) is 48.6 Å². The first-order valence-corrected chi connectivity index (χ1v) is 14.9. The molecule has 1 saturated carbocycles. The van der Waals surface area contributed by atoms with Gasteiger partial charge >= 0.3 is 41.8 Å². The fourth-order valence-electron chi connectivity index (χ4n) is 4.76. The van der Waals surface area contributed by atoms with Crippen molar-refractivity contribution in [1.82, 2.24) is 0 Å². The van der Waals surface area contributed by atoms with E-state index in [2.05, 4.69) is 0 Å². The number of ether oxygens (including phenoxy) is 4. The monoisotopic (exact) mass is 716 g/mol. The molecule has 0 spiro atoms. The van der Waals surface area contributed by atoms with Gasteiger partial charge in [0.25, 0.3) is 0 Å². The Morgan fingerprint density at radius 1 is 0.608 bits per heavy atom. The Labute approximate surface area is 287 Å². The maximum Gasteiger partial charge on any atom is 0.348 e. The number of aliphatic carboxylic acids is 3. The van der Waals surface area contributed by atoms with Crippen LogP contribution in [0.25, 0.3) is 12.2 Å². The highest BCUT2D eigenvalue weighted by molar-refractivity contribution is 5.91. The Hall–Kier alpha value is -6.59. The quantitative estimate of drug-likeness (QED) is 0.0599. The second-order valence-corrected chi connectivity index (χ2v) is 11.0. The third-order valence-electron chi connectivity index (χ3n) is 7.21. The number of aromatic hydroxyl groups is 4. The van der Waals surface area contributed by atoms with E-state index in [1.165, 1.54) is 12.1 Å². The van der Waals surface area contributed by atoms with Crippen molar-refractivity contribution in [2.75, 3.05) is 0 Å². The van der Waals surface area contributed by atoms with Crippen LogP contribution >= 0.6 is 0 Å². The summed E-state index contributed by atoms with van der Waals surface area (Å²) in [6, 6.07) is 6.99. The molecule has 3 rings (SSSR count). The number of carbonyl (C=O) groups is 7. The van der Waals surface area contributed by atoms with E-state index in [1.54, 1.807) is 0 Å². The van der Waals surface area contributed by atoms with E-state index in [1.807, 2.05) is 0 Å². The summed E-state index contributed by atoms with van der Waals surface area (Å²) >= 11 is 0. The number of esters is 4. The summed E-state index contributed by atoms with van der Waals surface area (Å²) in [5, 5.41) is 66.7. The summed E-state index contributed by atoms with van der Waals surface area (Å²) in [5.41, 5.74) is -2.29. The number of carboxylic acid groups (broad SMARTS) is 3. The Balaban J connectivity index is 2.01. The molecule has 7 N–H and O–H groups in total. The van der Waals surface area contributed by atoms with Crippen molar-refractivity contribution in [2.24, 2.45) is 0 Å². The number of carbonyl (C=O) groups excluding carboxylic acids is 4. The Morgan fingerprint density at radius 3 is 1.51 bits per heavy atom. The van der Waals surface area contributed by atoms with Crippen LogP contribution in [0.4, 0.5) is 0 Å². The van der Waals surface area contributed by atoms with Crippen LogP contribution in [-0.2, 0) is 52.5 Å². The molecule has 2 aromatic rings. The number of phenols is 4. The van der Waals surface area contributed by atoms with E-state index >= 15 is 0 Å². The predicted octanol–water partition coefficient (Wildman–Crippen LogP) is 1.86. The molecule has 0 bridgehead atoms. The number of hydrogen-bond acceptors (Lipinski definition) is 15. The molecule has 0 aliphatic heterocycles. The molecule has 1 aliphatic rings. The molecule has 0 unspecified atom stereocenters. The smallest absolute Gasteiger partial charge is 0.348 e. The molecule has 272 valence electrons. The Morgan fingerprint density at radius 2 is 1.06 bits per heavy atom. The van der Waals surface area contributed by atoms with Crippen LogP contribution in [0.5, 0.6) is 23.0 Å². The fourth-order valence-corrected chi connectivity index (χ4v) is 4.76. The SMILES string of the molecule is O=C(O)CCC(=O)O[C@@H]1[C@H](OC(=O)/C=C/c2ccc(O)c(O)c2)C[C@@](OC(=O)/C=C/c2ccc(O)c(O)c2)(C(=O)O)C[C@H]1OC(=O)CCC(=O)O. The van der Waals surface area contributed by atoms with Gasteiger partial charge in [-0.25, -0.2) is 14.4 Å². The van der Waals surface area contributed by atoms with Crippen LogP contribution < -0.4 is 0 Å². The molecule has 4 atom stereocenters. The minimum Gasteiger partial charge on any atom is -0.504 e. The molecule has 1 fully saturated rings. The van der Waals surface area contributed by atoms with Gasteiger partial charge in [-0.3, -0.25) is 19.2 Å². The molecule has 0 aromatic heterocycles. The highest BCUT2D eigenvalue weighted by Gasteiger charge is 2.57. The normalized spacial score (nSPS) is 20.0. The fraction of sp³-hybridized carbons (Fsp3) is 0.303. The van der Waals surface area contributed by atoms with Crippen LogP contribution in [0.2, 0.25) is 0 Å². The van der Waals surface area contributed by atoms with Gasteiger partial charge in [0.05, 0.1) is 25.7 Å². The molecule has 0 saturated heterocycles. The number of benzene rings is 2. The summed E-state index contributed by atoms with van der Waals surface area (Å²) in [6.07, 6.45) is -6.48. The van der Waals surface area contributed by atoms with Gasteiger partial charge < -0.3 is 54.7 Å². The molecule has 51 heavy (non-hydrogen) atoms. The maximum atomic E-state index is 13.0. The highest BCUT2D eigenvalue weighted by atomic mass is 16.6. The Kier molecular flexibility index (Phi) is 13.1. The highest BCUT2D eigenvalue weighted by Crippen LogP contribution is 2.38. The molecule has 1 aliphatic carbocycles. The van der Waals surface area contributed by atoms with E-state index in [9.17, 15) is 59.1 Å². The standard InChI is InChI=1S/C33H32O18/c34-19-5-1-17(13-21(19)36)3-9-27(42)48-23-15-33(32(46)47,51-30(45)10-4-18-2-6-20(35)22(37)14-18)16-24(49-28(43)11-7-25(38)39)31(23)50-29(44)12-8-26(40)41/h1-6,9-10,13-14,23-24,31,34-37H,7-8,11-12,15-16H2,(H,38,39)(H,40,41)(H,46,47)/b9-3+,10-4+/t23-,24-,31-,33+/m1/s1. The van der Waals surface area contributed by atoms with Gasteiger partial charge in [0, 0.05) is 25.0 Å². The van der Waals surface area contributed by atoms with Gasteiger partial charge in [-0.2, -0.15) is 0 Å². The first-order valence-electron chi connectivity index (χ1n) is 14.9. The van der Waals surface area contributed by atoms with Crippen molar-refractivity contribution < 1.29 is 88.3 Å². The predicted molar refractivity (Wildman–Crippen MR) is 167 cm³/mol. The van der Waals surface area contributed by atoms with Crippen molar-refractivity contribution in [3.05, 3.63) is 59.7 Å². The van der Waals surface area contributed by atoms with Gasteiger partial charge in [-0.15, -0.1) is 0 Å². The first kappa shape index (κ1) is 38.9. The Bertz CT molecular complexity index is 1740. The second-order valence-electron chi connectivity index (χ2n) is 11.0. The zero-order chi connectivity index (χ0) is 37.9. The molecular weight excluding hydrogens is 684 g/mol. The van der Waals surface area contributed by atoms with Crippen LogP contribution in [0.3, 0.4) is 0 Å². The van der Waals surface area contributed by atoms with Gasteiger partial charge in [0.1, 0.15) is 12.2 Å². The zero-order valence-corrected chi connectivity index (χ0v) is 26.4. The molecule has 0 radical (unpaired) electrons. The molecule has 0 heterocycles. The van der Waals surface area contributed by atoms with Gasteiger partial charge in [0.2, 0.25) is 5.60 Å². The first-order chi connectivity index (χ1) is 24.0. The van der Waals surface area contributed by atoms with Crippen LogP contribution in [-0.4, -0.2) is 101 Å². The van der Waals surface area contributed by atoms with Crippen molar-refractivity contribution in [3.8, 4) is 23.0 Å². The van der Waals surface area contributed by atoms with Gasteiger partial charge in [0.15, 0.2) is 29.1 Å². The lowest BCUT2D eigenvalue weighted by atomic mass is 9.78. The van der Waals surface area contributed by atoms with E-state index in [0.29, 0.717) is 0 Å². The van der Waals surface area contributed by atoms with E-state index < -0.39 is 127 Å². The molecule has 2 aromatic carbocycles. The maximum absolute atomic E-state index is 13.0. The third kappa shape index (κ3) is 11.5. The molecular formula is C33H32O18. The van der Waals surface area contributed by atoms with Crippen LogP contribution in [0.15, 0.2) is 48.6 Å². The second kappa shape index (κ2) is 17.2. The lowest BCUT2D eigenvalue weighted by molar-refractivity contribution is -0.220. The number of carboxylic acids is 3. The molecule has 18 nitrogen and oxygen atoms in total. The number of rotatable bonds is 15. The minimum atomic E-state index is -2.66. The van der Waals surface area contributed by atoms with E-state index in [-0.39, 0.29) is 11.1 Å². The van der Waals surface area contributed by atoms with Crippen molar-refractivity contribution in [3.63, 3.8) is 0 Å². The third-order valence-corrected chi connectivity index (χ3v) is 7.21. The average molecular weight is 717 g/mol. The molecule has 0 amide bonds. The van der Waals surface area contributed by atoms with Crippen molar-refractivity contribution in [2.45, 2.75) is 62.4 Å². The van der Waals surface area contributed by atoms with Crippen LogP contribution in [0, 0.1) is 0 Å². The topological polar surface area (TPSA) is 298 Å². The summed E-state index contributed by atoms with van der Waals surface area (Å²) < 4.78 is 21.4. The van der Waals surface area contributed by atoms with Crippen LogP contribution in [0.1, 0.15) is 49.7 Å². The molecule has 18 heteroatoms. The summed E-state index contributed by atoms with van der Waals surface area (Å²) in [7, 11) is 0. The lowest BCUT2D eigenvalue weighted by Gasteiger charge is -2.43. The van der Waals surface area contributed by atoms with E-state index in [4.69, 9.17) is 29.2 Å². The lowest BCUT2D eigenvalue weighted by Crippen LogP contribution is -2.60. The summed E-state index contributed by atoms with van der Waals surface area (Å²) in [4.78, 5) is 86.1. The largest absolute Gasteiger partial charge is 0.504 e. The summed E-state index contributed by atoms with van der Waals surface area (Å²) in [6.45, 7) is 0. The number of hydrogen-bond donors (Lipinski definition) is 7. The average Bonchev–Trinajstić information content (AvgIpc) is 3.05.